The Labute approximate surface area is 99.7 Å². The number of nitrogens with one attached hydrogen (secondary N) is 1. The molecule has 0 radical (unpaired) electrons. The number of ether oxygens (including phenoxy) is 1. The molecule has 1 aromatic rings. The van der Waals surface area contributed by atoms with Crippen LogP contribution >= 0.6 is 0 Å². The van der Waals surface area contributed by atoms with E-state index in [2.05, 4.69) is 5.32 Å². The topological polar surface area (TPSA) is 38.3 Å². The van der Waals surface area contributed by atoms with Crippen molar-refractivity contribution in [2.45, 2.75) is 11.3 Å². The highest BCUT2D eigenvalue weighted by molar-refractivity contribution is 7.85. The third-order valence-electron chi connectivity index (χ3n) is 2.17. The summed E-state index contributed by atoms with van der Waals surface area (Å²) < 4.78 is 16.7. The van der Waals surface area contributed by atoms with Crippen molar-refractivity contribution < 1.29 is 8.95 Å². The van der Waals surface area contributed by atoms with E-state index in [1.54, 1.807) is 7.11 Å². The van der Waals surface area contributed by atoms with Crippen molar-refractivity contribution in [3.8, 4) is 0 Å². The summed E-state index contributed by atoms with van der Waals surface area (Å²) in [7, 11) is 0.825. The Hall–Kier alpha value is -0.710. The molecule has 0 aliphatic heterocycles. The molecule has 90 valence electrons. The van der Waals surface area contributed by atoms with Gasteiger partial charge in [0.25, 0.3) is 0 Å². The molecule has 0 fully saturated rings. The Kier molecular flexibility index (Phi) is 7.05. The lowest BCUT2D eigenvalue weighted by atomic mass is 10.4. The number of hydrogen-bond donors (Lipinski definition) is 1. The summed E-state index contributed by atoms with van der Waals surface area (Å²) in [5.74, 6) is 0.712. The first kappa shape index (κ1) is 13.4. The predicted octanol–water partition coefficient (Wildman–Crippen LogP) is 1.42. The number of benzene rings is 1. The van der Waals surface area contributed by atoms with Gasteiger partial charge in [-0.2, -0.15) is 0 Å². The largest absolute Gasteiger partial charge is 0.383 e. The molecule has 0 heterocycles. The van der Waals surface area contributed by atoms with Gasteiger partial charge in [0.05, 0.1) is 17.4 Å². The average molecular weight is 241 g/mol. The van der Waals surface area contributed by atoms with Crippen LogP contribution in [0.5, 0.6) is 0 Å². The van der Waals surface area contributed by atoms with E-state index in [4.69, 9.17) is 4.74 Å². The summed E-state index contributed by atoms with van der Waals surface area (Å²) in [5.41, 5.74) is 0. The van der Waals surface area contributed by atoms with Gasteiger partial charge in [0.1, 0.15) is 0 Å². The highest BCUT2D eigenvalue weighted by Gasteiger charge is 2.01. The second-order valence-corrected chi connectivity index (χ2v) is 5.03. The maximum Gasteiger partial charge on any atom is 0.0587 e. The van der Waals surface area contributed by atoms with Crippen LogP contribution in [0.1, 0.15) is 6.42 Å². The van der Waals surface area contributed by atoms with E-state index in [1.807, 2.05) is 30.3 Å². The lowest BCUT2D eigenvalue weighted by Crippen LogP contribution is -2.21. The van der Waals surface area contributed by atoms with Crippen LogP contribution in [-0.4, -0.2) is 36.8 Å². The molecule has 0 amide bonds. The fourth-order valence-corrected chi connectivity index (χ4v) is 2.42. The molecule has 4 heteroatoms. The Morgan fingerprint density at radius 1 is 1.25 bits per heavy atom. The van der Waals surface area contributed by atoms with Gasteiger partial charge in [0, 0.05) is 24.3 Å². The second kappa shape index (κ2) is 8.44. The van der Waals surface area contributed by atoms with Gasteiger partial charge in [-0.05, 0) is 25.1 Å². The van der Waals surface area contributed by atoms with Crippen molar-refractivity contribution >= 4 is 10.8 Å². The highest BCUT2D eigenvalue weighted by atomic mass is 32.2. The zero-order valence-electron chi connectivity index (χ0n) is 9.65. The summed E-state index contributed by atoms with van der Waals surface area (Å²) in [4.78, 5) is 0.916. The zero-order valence-corrected chi connectivity index (χ0v) is 10.5. The van der Waals surface area contributed by atoms with Crippen molar-refractivity contribution in [1.29, 1.82) is 0 Å². The van der Waals surface area contributed by atoms with Crippen molar-refractivity contribution in [3.63, 3.8) is 0 Å². The molecule has 0 saturated carbocycles. The van der Waals surface area contributed by atoms with Gasteiger partial charge in [-0.3, -0.25) is 4.21 Å². The second-order valence-electron chi connectivity index (χ2n) is 3.46. The monoisotopic (exact) mass is 241 g/mol. The van der Waals surface area contributed by atoms with E-state index in [0.29, 0.717) is 5.75 Å². The van der Waals surface area contributed by atoms with E-state index >= 15 is 0 Å². The van der Waals surface area contributed by atoms with Gasteiger partial charge in [-0.25, -0.2) is 0 Å². The van der Waals surface area contributed by atoms with E-state index in [1.165, 1.54) is 0 Å². The number of methoxy groups -OCH3 is 1. The summed E-state index contributed by atoms with van der Waals surface area (Å²) in [5, 5.41) is 3.23. The molecule has 3 nitrogen and oxygen atoms in total. The molecule has 16 heavy (non-hydrogen) atoms. The maximum atomic E-state index is 11.8. The fourth-order valence-electron chi connectivity index (χ4n) is 1.32. The van der Waals surface area contributed by atoms with Crippen LogP contribution in [0.4, 0.5) is 0 Å². The summed E-state index contributed by atoms with van der Waals surface area (Å²) >= 11 is 0. The van der Waals surface area contributed by atoms with E-state index in [9.17, 15) is 4.21 Å². The lowest BCUT2D eigenvalue weighted by Gasteiger charge is -2.04. The molecule has 1 rings (SSSR count). The maximum absolute atomic E-state index is 11.8. The van der Waals surface area contributed by atoms with E-state index in [-0.39, 0.29) is 0 Å². The molecule has 0 aliphatic carbocycles. The SMILES string of the molecule is COCCNCCCS(=O)c1ccccc1. The number of hydrogen-bond acceptors (Lipinski definition) is 3. The van der Waals surface area contributed by atoms with Crippen molar-refractivity contribution in [2.75, 3.05) is 32.6 Å². The van der Waals surface area contributed by atoms with Crippen molar-refractivity contribution in [1.82, 2.24) is 5.32 Å². The van der Waals surface area contributed by atoms with E-state index < -0.39 is 10.8 Å². The Morgan fingerprint density at radius 3 is 2.69 bits per heavy atom. The summed E-state index contributed by atoms with van der Waals surface area (Å²) in [6.45, 7) is 2.47. The van der Waals surface area contributed by atoms with Crippen LogP contribution in [0.2, 0.25) is 0 Å². The molecular weight excluding hydrogens is 222 g/mol. The van der Waals surface area contributed by atoms with Crippen LogP contribution < -0.4 is 5.32 Å². The van der Waals surface area contributed by atoms with Crippen LogP contribution in [0.15, 0.2) is 35.2 Å². The first-order valence-electron chi connectivity index (χ1n) is 5.47. The minimum Gasteiger partial charge on any atom is -0.383 e. The van der Waals surface area contributed by atoms with Crippen LogP contribution in [0.25, 0.3) is 0 Å². The zero-order chi connectivity index (χ0) is 11.6. The quantitative estimate of drug-likeness (QED) is 0.700. The Bertz CT molecular complexity index is 303. The van der Waals surface area contributed by atoms with Gasteiger partial charge in [0.15, 0.2) is 0 Å². The standard InChI is InChI=1S/C12H19NO2S/c1-15-10-9-13-8-5-11-16(14)12-6-3-2-4-7-12/h2-4,6-7,13H,5,8-11H2,1H3. The minimum absolute atomic E-state index is 0.712. The third kappa shape index (κ3) is 5.39. The van der Waals surface area contributed by atoms with Crippen LogP contribution in [0.3, 0.4) is 0 Å². The lowest BCUT2D eigenvalue weighted by molar-refractivity contribution is 0.199. The first-order valence-corrected chi connectivity index (χ1v) is 6.79. The smallest absolute Gasteiger partial charge is 0.0587 e. The molecule has 0 aliphatic rings. The van der Waals surface area contributed by atoms with E-state index in [0.717, 1.165) is 31.0 Å². The Morgan fingerprint density at radius 2 is 2.00 bits per heavy atom. The third-order valence-corrected chi connectivity index (χ3v) is 3.63. The summed E-state index contributed by atoms with van der Waals surface area (Å²) in [6, 6.07) is 9.60. The molecule has 1 unspecified atom stereocenters. The number of rotatable bonds is 8. The molecule has 1 N–H and O–H groups in total. The molecule has 0 saturated heterocycles. The van der Waals surface area contributed by atoms with Gasteiger partial charge < -0.3 is 10.1 Å². The normalized spacial score (nSPS) is 12.6. The minimum atomic E-state index is -0.862. The summed E-state index contributed by atoms with van der Waals surface area (Å²) in [6.07, 6.45) is 0.922. The van der Waals surface area contributed by atoms with Crippen LogP contribution in [-0.2, 0) is 15.5 Å². The van der Waals surface area contributed by atoms with Gasteiger partial charge >= 0.3 is 0 Å². The predicted molar refractivity (Wildman–Crippen MR) is 67.1 cm³/mol. The molecule has 0 spiro atoms. The molecule has 1 atom stereocenters. The molecule has 0 bridgehead atoms. The Balaban J connectivity index is 2.12. The van der Waals surface area contributed by atoms with Crippen LogP contribution in [0, 0.1) is 0 Å². The molecule has 1 aromatic carbocycles. The van der Waals surface area contributed by atoms with Gasteiger partial charge in [0.2, 0.25) is 0 Å². The van der Waals surface area contributed by atoms with Crippen molar-refractivity contribution in [3.05, 3.63) is 30.3 Å². The highest BCUT2D eigenvalue weighted by Crippen LogP contribution is 2.05. The average Bonchev–Trinajstić information content (AvgIpc) is 2.34. The molecule has 0 aromatic heterocycles. The van der Waals surface area contributed by atoms with Gasteiger partial charge in [-0.1, -0.05) is 18.2 Å². The van der Waals surface area contributed by atoms with Gasteiger partial charge in [-0.15, -0.1) is 0 Å². The first-order chi connectivity index (χ1) is 7.84. The fraction of sp³-hybridized carbons (Fsp3) is 0.500. The molecular formula is C12H19NO2S. The van der Waals surface area contributed by atoms with Crippen molar-refractivity contribution in [2.24, 2.45) is 0 Å².